The molecular formula is C9H13NO2. The largest absolute Gasteiger partial charge is 0.508 e. The molecule has 0 spiro atoms. The van der Waals surface area contributed by atoms with Crippen molar-refractivity contribution < 1.29 is 10.2 Å². The zero-order valence-corrected chi connectivity index (χ0v) is 6.94. The van der Waals surface area contributed by atoms with E-state index in [-0.39, 0.29) is 5.75 Å². The van der Waals surface area contributed by atoms with Gasteiger partial charge in [0.2, 0.25) is 0 Å². The summed E-state index contributed by atoms with van der Waals surface area (Å²) in [6.45, 7) is 1.59. The lowest BCUT2D eigenvalue weighted by Crippen LogP contribution is -2.23. The van der Waals surface area contributed by atoms with Crippen LogP contribution >= 0.6 is 0 Å². The third-order valence-corrected chi connectivity index (χ3v) is 1.82. The van der Waals surface area contributed by atoms with Gasteiger partial charge in [-0.15, -0.1) is 0 Å². The molecule has 0 amide bonds. The first-order valence-electron chi connectivity index (χ1n) is 3.84. The van der Waals surface area contributed by atoms with Gasteiger partial charge < -0.3 is 15.9 Å². The molecule has 0 aliphatic carbocycles. The Hall–Kier alpha value is -1.06. The summed E-state index contributed by atoms with van der Waals surface area (Å²) >= 11 is 0. The maximum Gasteiger partial charge on any atom is 0.120 e. The number of benzene rings is 1. The van der Waals surface area contributed by atoms with Crippen LogP contribution in [0.5, 0.6) is 5.75 Å². The van der Waals surface area contributed by atoms with Gasteiger partial charge in [0.15, 0.2) is 0 Å². The van der Waals surface area contributed by atoms with Gasteiger partial charge in [-0.3, -0.25) is 0 Å². The summed E-state index contributed by atoms with van der Waals surface area (Å²) in [5, 5.41) is 18.5. The monoisotopic (exact) mass is 167 g/mol. The molecule has 0 aromatic heterocycles. The second kappa shape index (κ2) is 3.56. The molecule has 0 saturated heterocycles. The number of aliphatic hydroxyl groups excluding tert-OH is 1. The van der Waals surface area contributed by atoms with E-state index in [9.17, 15) is 5.11 Å². The average molecular weight is 167 g/mol. The van der Waals surface area contributed by atoms with Crippen molar-refractivity contribution in [3.8, 4) is 5.75 Å². The van der Waals surface area contributed by atoms with Crippen LogP contribution in [-0.2, 0) is 0 Å². The number of aromatic hydroxyl groups is 1. The Morgan fingerprint density at radius 1 is 1.33 bits per heavy atom. The van der Waals surface area contributed by atoms with Crippen LogP contribution < -0.4 is 5.73 Å². The maximum absolute atomic E-state index is 9.34. The third kappa shape index (κ3) is 1.75. The molecule has 0 radical (unpaired) electrons. The summed E-state index contributed by atoms with van der Waals surface area (Å²) in [6, 6.07) is 6.22. The first-order valence-corrected chi connectivity index (χ1v) is 3.84. The van der Waals surface area contributed by atoms with Crippen LogP contribution in [0.3, 0.4) is 0 Å². The Balaban J connectivity index is 2.94. The highest BCUT2D eigenvalue weighted by Gasteiger charge is 2.14. The number of phenols is 1. The van der Waals surface area contributed by atoms with Gasteiger partial charge >= 0.3 is 0 Å². The molecule has 1 unspecified atom stereocenters. The van der Waals surface area contributed by atoms with Crippen molar-refractivity contribution in [3.05, 3.63) is 29.8 Å². The SMILES string of the molecule is CC(O)[C@H](N)c1ccccc1O. The highest BCUT2D eigenvalue weighted by molar-refractivity contribution is 5.34. The summed E-state index contributed by atoms with van der Waals surface area (Å²) in [7, 11) is 0. The van der Waals surface area contributed by atoms with Gasteiger partial charge in [-0.2, -0.15) is 0 Å². The van der Waals surface area contributed by atoms with E-state index < -0.39 is 12.1 Å². The Labute approximate surface area is 71.5 Å². The Kier molecular flexibility index (Phi) is 2.68. The molecule has 2 atom stereocenters. The number of hydrogen-bond acceptors (Lipinski definition) is 3. The highest BCUT2D eigenvalue weighted by atomic mass is 16.3. The number of hydrogen-bond donors (Lipinski definition) is 3. The van der Waals surface area contributed by atoms with E-state index >= 15 is 0 Å². The van der Waals surface area contributed by atoms with E-state index in [1.807, 2.05) is 0 Å². The highest BCUT2D eigenvalue weighted by Crippen LogP contribution is 2.23. The minimum absolute atomic E-state index is 0.130. The summed E-state index contributed by atoms with van der Waals surface area (Å²) in [6.07, 6.45) is -0.654. The molecule has 12 heavy (non-hydrogen) atoms. The van der Waals surface area contributed by atoms with Gasteiger partial charge in [-0.1, -0.05) is 18.2 Å². The van der Waals surface area contributed by atoms with Crippen LogP contribution in [0.25, 0.3) is 0 Å². The van der Waals surface area contributed by atoms with Crippen molar-refractivity contribution in [3.63, 3.8) is 0 Å². The lowest BCUT2D eigenvalue weighted by atomic mass is 10.0. The van der Waals surface area contributed by atoms with Crippen LogP contribution in [0.4, 0.5) is 0 Å². The van der Waals surface area contributed by atoms with Crippen molar-refractivity contribution >= 4 is 0 Å². The topological polar surface area (TPSA) is 66.5 Å². The summed E-state index contributed by atoms with van der Waals surface area (Å²) in [5.74, 6) is 0.130. The molecule has 3 heteroatoms. The molecular weight excluding hydrogens is 154 g/mol. The molecule has 0 fully saturated rings. The molecule has 0 aliphatic rings. The Morgan fingerprint density at radius 2 is 1.92 bits per heavy atom. The van der Waals surface area contributed by atoms with E-state index in [4.69, 9.17) is 10.8 Å². The second-order valence-corrected chi connectivity index (χ2v) is 2.83. The molecule has 0 heterocycles. The molecule has 1 rings (SSSR count). The second-order valence-electron chi connectivity index (χ2n) is 2.83. The lowest BCUT2D eigenvalue weighted by Gasteiger charge is -2.15. The predicted molar refractivity (Wildman–Crippen MR) is 46.7 cm³/mol. The minimum Gasteiger partial charge on any atom is -0.508 e. The fourth-order valence-corrected chi connectivity index (χ4v) is 1.03. The van der Waals surface area contributed by atoms with Crippen molar-refractivity contribution in [2.75, 3.05) is 0 Å². The lowest BCUT2D eigenvalue weighted by molar-refractivity contribution is 0.163. The van der Waals surface area contributed by atoms with Crippen LogP contribution in [0.1, 0.15) is 18.5 Å². The average Bonchev–Trinajstić information content (AvgIpc) is 2.04. The molecule has 0 aliphatic heterocycles. The summed E-state index contributed by atoms with van der Waals surface area (Å²) < 4.78 is 0. The first kappa shape index (κ1) is 9.03. The fraction of sp³-hybridized carbons (Fsp3) is 0.333. The molecule has 4 N–H and O–H groups in total. The zero-order chi connectivity index (χ0) is 9.14. The number of rotatable bonds is 2. The van der Waals surface area contributed by atoms with Crippen molar-refractivity contribution in [2.24, 2.45) is 5.73 Å². The number of phenolic OH excluding ortho intramolecular Hbond substituents is 1. The summed E-state index contributed by atoms with van der Waals surface area (Å²) in [5.41, 5.74) is 6.20. The van der Waals surface area contributed by atoms with E-state index in [2.05, 4.69) is 0 Å². The fourth-order valence-electron chi connectivity index (χ4n) is 1.03. The van der Waals surface area contributed by atoms with E-state index in [1.54, 1.807) is 31.2 Å². The smallest absolute Gasteiger partial charge is 0.120 e. The van der Waals surface area contributed by atoms with E-state index in [0.717, 1.165) is 0 Å². The van der Waals surface area contributed by atoms with Crippen molar-refractivity contribution in [1.82, 2.24) is 0 Å². The minimum atomic E-state index is -0.654. The van der Waals surface area contributed by atoms with Crippen molar-refractivity contribution in [1.29, 1.82) is 0 Å². The maximum atomic E-state index is 9.34. The Morgan fingerprint density at radius 3 is 2.42 bits per heavy atom. The zero-order valence-electron chi connectivity index (χ0n) is 6.94. The van der Waals surface area contributed by atoms with Gasteiger partial charge in [-0.05, 0) is 13.0 Å². The van der Waals surface area contributed by atoms with Crippen molar-refractivity contribution in [2.45, 2.75) is 19.1 Å². The van der Waals surface area contributed by atoms with Crippen LogP contribution in [0.2, 0.25) is 0 Å². The molecule has 66 valence electrons. The molecule has 1 aromatic carbocycles. The summed E-state index contributed by atoms with van der Waals surface area (Å²) in [4.78, 5) is 0. The number of para-hydroxylation sites is 1. The van der Waals surface area contributed by atoms with Gasteiger partial charge in [-0.25, -0.2) is 0 Å². The predicted octanol–water partition coefficient (Wildman–Crippen LogP) is 0.773. The third-order valence-electron chi connectivity index (χ3n) is 1.82. The van der Waals surface area contributed by atoms with Gasteiger partial charge in [0.25, 0.3) is 0 Å². The van der Waals surface area contributed by atoms with Crippen LogP contribution in [0.15, 0.2) is 24.3 Å². The quantitative estimate of drug-likeness (QED) is 0.609. The number of aliphatic hydroxyl groups is 1. The van der Waals surface area contributed by atoms with Gasteiger partial charge in [0, 0.05) is 5.56 Å². The van der Waals surface area contributed by atoms with Gasteiger partial charge in [0.05, 0.1) is 12.1 Å². The van der Waals surface area contributed by atoms with Crippen LogP contribution in [0, 0.1) is 0 Å². The Bertz CT molecular complexity index is 260. The van der Waals surface area contributed by atoms with Crippen LogP contribution in [-0.4, -0.2) is 16.3 Å². The molecule has 3 nitrogen and oxygen atoms in total. The first-order chi connectivity index (χ1) is 5.63. The van der Waals surface area contributed by atoms with E-state index in [1.165, 1.54) is 0 Å². The normalized spacial score (nSPS) is 15.6. The molecule has 0 saturated carbocycles. The van der Waals surface area contributed by atoms with E-state index in [0.29, 0.717) is 5.56 Å². The molecule has 0 bridgehead atoms. The standard InChI is InChI=1S/C9H13NO2/c1-6(11)9(10)7-4-2-3-5-8(7)12/h2-6,9,11-12H,10H2,1H3/t6?,9-/m0/s1. The van der Waals surface area contributed by atoms with Gasteiger partial charge in [0.1, 0.15) is 5.75 Å². The molecule has 1 aromatic rings. The number of nitrogens with two attached hydrogens (primary N) is 1.